The predicted molar refractivity (Wildman–Crippen MR) is 74.7 cm³/mol. The van der Waals surface area contributed by atoms with Gasteiger partial charge in [0, 0.05) is 6.04 Å². The zero-order valence-electron chi connectivity index (χ0n) is 9.88. The third kappa shape index (κ3) is 3.77. The van der Waals surface area contributed by atoms with Gasteiger partial charge in [-0.2, -0.15) is 0 Å². The molecule has 2 unspecified atom stereocenters. The number of nitrogens with one attached hydrogen (secondary N) is 2. The van der Waals surface area contributed by atoms with Gasteiger partial charge < -0.3 is 10.3 Å². The largest absolute Gasteiger partial charge is 0.367 e. The van der Waals surface area contributed by atoms with E-state index in [1.54, 1.807) is 0 Å². The topological polar surface area (TPSA) is 57.8 Å². The van der Waals surface area contributed by atoms with Crippen molar-refractivity contribution in [2.75, 3.05) is 5.32 Å². The summed E-state index contributed by atoms with van der Waals surface area (Å²) in [6.45, 7) is 6.53. The molecule has 16 heavy (non-hydrogen) atoms. The summed E-state index contributed by atoms with van der Waals surface area (Å²) in [5.41, 5.74) is -0.0890. The van der Waals surface area contributed by atoms with Gasteiger partial charge in [0.1, 0.15) is 9.39 Å². The number of hydrogen-bond acceptors (Lipinski definition) is 3. The summed E-state index contributed by atoms with van der Waals surface area (Å²) in [6.07, 6.45) is 3.69. The highest BCUT2D eigenvalue weighted by molar-refractivity contribution is 14.1. The third-order valence-electron chi connectivity index (χ3n) is 2.63. The molecule has 0 aromatic carbocycles. The summed E-state index contributed by atoms with van der Waals surface area (Å²) >= 11 is 2.01. The Morgan fingerprint density at radius 1 is 1.56 bits per heavy atom. The van der Waals surface area contributed by atoms with E-state index >= 15 is 0 Å². The summed E-state index contributed by atoms with van der Waals surface area (Å²) < 4.78 is 0.621. The maximum absolute atomic E-state index is 11.4. The summed E-state index contributed by atoms with van der Waals surface area (Å²) in [5, 5.41) is 3.28. The maximum atomic E-state index is 11.4. The Bertz CT molecular complexity index is 391. The Morgan fingerprint density at radius 3 is 2.88 bits per heavy atom. The van der Waals surface area contributed by atoms with Crippen LogP contribution in [0.25, 0.3) is 0 Å². The summed E-state index contributed by atoms with van der Waals surface area (Å²) in [4.78, 5) is 18.0. The Morgan fingerprint density at radius 2 is 2.25 bits per heavy atom. The number of nitrogens with zero attached hydrogens (tertiary/aromatic N) is 1. The van der Waals surface area contributed by atoms with Gasteiger partial charge >= 0.3 is 0 Å². The molecule has 90 valence electrons. The van der Waals surface area contributed by atoms with Crippen LogP contribution < -0.4 is 10.9 Å². The molecule has 0 spiro atoms. The van der Waals surface area contributed by atoms with Crippen LogP contribution in [0.15, 0.2) is 11.1 Å². The lowest BCUT2D eigenvalue weighted by Gasteiger charge is -2.18. The Labute approximate surface area is 109 Å². The number of H-pyrrole nitrogens is 1. The number of anilines is 1. The van der Waals surface area contributed by atoms with Crippen molar-refractivity contribution in [3.8, 4) is 0 Å². The second-order valence-electron chi connectivity index (χ2n) is 4.19. The van der Waals surface area contributed by atoms with Crippen LogP contribution in [0.3, 0.4) is 0 Å². The highest BCUT2D eigenvalue weighted by Crippen LogP contribution is 2.15. The molecule has 0 radical (unpaired) electrons. The average molecular weight is 335 g/mol. The van der Waals surface area contributed by atoms with Crippen molar-refractivity contribution in [2.45, 2.75) is 39.7 Å². The fourth-order valence-electron chi connectivity index (χ4n) is 1.55. The average Bonchev–Trinajstić information content (AvgIpc) is 2.24. The molecule has 0 aliphatic heterocycles. The van der Waals surface area contributed by atoms with Crippen LogP contribution in [0.2, 0.25) is 0 Å². The van der Waals surface area contributed by atoms with Crippen molar-refractivity contribution in [1.29, 1.82) is 0 Å². The number of aromatic amines is 1. The molecule has 0 aliphatic rings. The van der Waals surface area contributed by atoms with Gasteiger partial charge in [0.25, 0.3) is 5.56 Å². The van der Waals surface area contributed by atoms with Gasteiger partial charge in [-0.3, -0.25) is 4.79 Å². The second kappa shape index (κ2) is 6.22. The van der Waals surface area contributed by atoms with Crippen LogP contribution in [-0.4, -0.2) is 16.0 Å². The molecular weight excluding hydrogens is 317 g/mol. The lowest BCUT2D eigenvalue weighted by Crippen LogP contribution is -2.22. The van der Waals surface area contributed by atoms with Crippen LogP contribution in [0, 0.1) is 9.49 Å². The van der Waals surface area contributed by atoms with Crippen molar-refractivity contribution in [1.82, 2.24) is 9.97 Å². The molecule has 1 rings (SSSR count). The van der Waals surface area contributed by atoms with Crippen molar-refractivity contribution in [3.63, 3.8) is 0 Å². The summed E-state index contributed by atoms with van der Waals surface area (Å²) in [6, 6.07) is 0.331. The highest BCUT2D eigenvalue weighted by Gasteiger charge is 2.10. The monoisotopic (exact) mass is 335 g/mol. The molecule has 0 fully saturated rings. The van der Waals surface area contributed by atoms with E-state index in [-0.39, 0.29) is 5.56 Å². The fraction of sp³-hybridized carbons (Fsp3) is 0.636. The molecule has 2 atom stereocenters. The molecule has 0 saturated carbocycles. The lowest BCUT2D eigenvalue weighted by molar-refractivity contribution is 0.483. The van der Waals surface area contributed by atoms with Gasteiger partial charge in [0.05, 0.1) is 6.33 Å². The van der Waals surface area contributed by atoms with Crippen molar-refractivity contribution >= 4 is 28.4 Å². The minimum absolute atomic E-state index is 0.0890. The zero-order valence-corrected chi connectivity index (χ0v) is 12.0. The molecule has 1 aromatic heterocycles. The first kappa shape index (κ1) is 13.5. The third-order valence-corrected chi connectivity index (χ3v) is 3.63. The van der Waals surface area contributed by atoms with E-state index < -0.39 is 0 Å². The van der Waals surface area contributed by atoms with E-state index in [1.165, 1.54) is 12.7 Å². The standard InChI is InChI=1S/C11H18IN3O/c1-4-7(2)5-8(3)15-10-9(12)11(16)14-6-13-10/h6-8H,4-5H2,1-3H3,(H2,13,14,15,16). The number of aromatic nitrogens is 2. The molecule has 5 heteroatoms. The molecule has 1 heterocycles. The van der Waals surface area contributed by atoms with Gasteiger partial charge in [-0.15, -0.1) is 0 Å². The second-order valence-corrected chi connectivity index (χ2v) is 5.27. The molecule has 0 saturated heterocycles. The smallest absolute Gasteiger partial charge is 0.266 e. The van der Waals surface area contributed by atoms with Crippen molar-refractivity contribution in [3.05, 3.63) is 20.3 Å². The number of rotatable bonds is 5. The van der Waals surface area contributed by atoms with E-state index in [9.17, 15) is 4.79 Å². The van der Waals surface area contributed by atoms with E-state index in [0.29, 0.717) is 21.3 Å². The number of halogens is 1. The van der Waals surface area contributed by atoms with Crippen LogP contribution in [0.1, 0.15) is 33.6 Å². The molecule has 2 N–H and O–H groups in total. The minimum Gasteiger partial charge on any atom is -0.367 e. The first-order valence-corrected chi connectivity index (χ1v) is 6.62. The van der Waals surface area contributed by atoms with Gasteiger partial charge in [0.2, 0.25) is 0 Å². The normalized spacial score (nSPS) is 14.5. The lowest BCUT2D eigenvalue weighted by atomic mass is 10.0. The molecule has 1 aromatic rings. The Kier molecular flexibility index (Phi) is 5.24. The summed E-state index contributed by atoms with van der Waals surface area (Å²) in [5.74, 6) is 1.36. The van der Waals surface area contributed by atoms with Gasteiger partial charge in [-0.1, -0.05) is 20.3 Å². The van der Waals surface area contributed by atoms with E-state index in [0.717, 1.165) is 6.42 Å². The highest BCUT2D eigenvalue weighted by atomic mass is 127. The van der Waals surface area contributed by atoms with Gasteiger partial charge in [0.15, 0.2) is 0 Å². The van der Waals surface area contributed by atoms with E-state index in [4.69, 9.17) is 0 Å². The quantitative estimate of drug-likeness (QED) is 0.814. The van der Waals surface area contributed by atoms with Crippen molar-refractivity contribution in [2.24, 2.45) is 5.92 Å². The van der Waals surface area contributed by atoms with Crippen LogP contribution >= 0.6 is 22.6 Å². The molecule has 0 amide bonds. The molecule has 0 aliphatic carbocycles. The summed E-state index contributed by atoms with van der Waals surface area (Å²) in [7, 11) is 0. The first-order valence-electron chi connectivity index (χ1n) is 5.54. The Balaban J connectivity index is 2.66. The molecule has 0 bridgehead atoms. The predicted octanol–water partition coefficient (Wildman–Crippen LogP) is 2.61. The minimum atomic E-state index is -0.0890. The van der Waals surface area contributed by atoms with Crippen LogP contribution in [0.5, 0.6) is 0 Å². The molecule has 4 nitrogen and oxygen atoms in total. The van der Waals surface area contributed by atoms with E-state index in [2.05, 4.69) is 36.1 Å². The fourth-order valence-corrected chi connectivity index (χ4v) is 2.00. The maximum Gasteiger partial charge on any atom is 0.266 e. The van der Waals surface area contributed by atoms with Crippen LogP contribution in [0.4, 0.5) is 5.82 Å². The van der Waals surface area contributed by atoms with Crippen molar-refractivity contribution < 1.29 is 0 Å². The number of hydrogen-bond donors (Lipinski definition) is 2. The first-order chi connectivity index (χ1) is 7.54. The Hall–Kier alpha value is -0.590. The van der Waals surface area contributed by atoms with Gasteiger partial charge in [-0.05, 0) is 41.9 Å². The SMILES string of the molecule is CCC(C)CC(C)Nc1nc[nH]c(=O)c1I. The van der Waals surface area contributed by atoms with E-state index in [1.807, 2.05) is 22.6 Å². The zero-order chi connectivity index (χ0) is 12.1. The molecular formula is C11H18IN3O. The van der Waals surface area contributed by atoms with Crippen LogP contribution in [-0.2, 0) is 0 Å². The van der Waals surface area contributed by atoms with Gasteiger partial charge in [-0.25, -0.2) is 4.98 Å².